The van der Waals surface area contributed by atoms with Crippen molar-refractivity contribution >= 4 is 21.7 Å². The summed E-state index contributed by atoms with van der Waals surface area (Å²) < 4.78 is 1.04. The van der Waals surface area contributed by atoms with Crippen molar-refractivity contribution in [2.75, 3.05) is 11.9 Å². The molecule has 1 aromatic rings. The molecule has 1 N–H and O–H groups in total. The fourth-order valence-electron chi connectivity index (χ4n) is 2.20. The molecule has 2 rings (SSSR count). The molecule has 0 amide bonds. The first-order valence-electron chi connectivity index (χ1n) is 6.29. The second-order valence-electron chi connectivity index (χ2n) is 4.60. The Morgan fingerprint density at radius 2 is 2.29 bits per heavy atom. The van der Waals surface area contributed by atoms with Gasteiger partial charge < -0.3 is 5.32 Å². The third kappa shape index (κ3) is 3.84. The maximum absolute atomic E-state index is 4.38. The summed E-state index contributed by atoms with van der Waals surface area (Å²) in [5.74, 6) is 1.00. The quantitative estimate of drug-likeness (QED) is 0.830. The van der Waals surface area contributed by atoms with Crippen molar-refractivity contribution in [1.29, 1.82) is 0 Å². The molecule has 17 heavy (non-hydrogen) atoms. The normalized spacial score (nSPS) is 15.5. The Hall–Kier alpha value is -0.830. The molecule has 1 aromatic heterocycles. The number of aromatic nitrogens is 1. The van der Waals surface area contributed by atoms with Crippen LogP contribution in [0.5, 0.6) is 0 Å². The van der Waals surface area contributed by atoms with Crippen LogP contribution in [0.15, 0.2) is 28.4 Å². The average molecular weight is 295 g/mol. The molecule has 0 aliphatic heterocycles. The van der Waals surface area contributed by atoms with E-state index >= 15 is 0 Å². The van der Waals surface area contributed by atoms with Crippen molar-refractivity contribution in [2.45, 2.75) is 39.0 Å². The first kappa shape index (κ1) is 12.6. The van der Waals surface area contributed by atoms with Crippen LogP contribution in [0.4, 0.5) is 5.82 Å². The summed E-state index contributed by atoms with van der Waals surface area (Å²) in [7, 11) is 0. The van der Waals surface area contributed by atoms with Crippen LogP contribution in [0.1, 0.15) is 37.7 Å². The van der Waals surface area contributed by atoms with Gasteiger partial charge in [-0.05, 0) is 66.6 Å². The highest BCUT2D eigenvalue weighted by Crippen LogP contribution is 2.21. The lowest BCUT2D eigenvalue weighted by Crippen LogP contribution is -2.06. The minimum atomic E-state index is 0.987. The second kappa shape index (κ2) is 6.20. The van der Waals surface area contributed by atoms with Gasteiger partial charge in [0.1, 0.15) is 5.82 Å². The summed E-state index contributed by atoms with van der Waals surface area (Å²) in [5.41, 5.74) is 2.80. The fraction of sp³-hybridized carbons (Fsp3) is 0.500. The Kier molecular flexibility index (Phi) is 4.60. The first-order chi connectivity index (χ1) is 8.25. The predicted octanol–water partition coefficient (Wildman–Crippen LogP) is 4.45. The molecule has 0 saturated carbocycles. The van der Waals surface area contributed by atoms with Crippen molar-refractivity contribution in [2.24, 2.45) is 0 Å². The van der Waals surface area contributed by atoms with Gasteiger partial charge in [-0.1, -0.05) is 11.6 Å². The van der Waals surface area contributed by atoms with Crippen LogP contribution in [0, 0.1) is 6.92 Å². The number of hydrogen-bond donors (Lipinski definition) is 1. The molecule has 0 unspecified atom stereocenters. The van der Waals surface area contributed by atoms with E-state index in [1.165, 1.54) is 31.2 Å². The number of nitrogens with one attached hydrogen (secondary N) is 1. The third-order valence-corrected chi connectivity index (χ3v) is 3.60. The number of anilines is 1. The van der Waals surface area contributed by atoms with Gasteiger partial charge in [0, 0.05) is 17.2 Å². The van der Waals surface area contributed by atoms with Gasteiger partial charge >= 0.3 is 0 Å². The molecule has 0 fully saturated rings. The number of nitrogens with zero attached hydrogens (tertiary/aromatic N) is 1. The Balaban J connectivity index is 1.83. The monoisotopic (exact) mass is 294 g/mol. The van der Waals surface area contributed by atoms with E-state index in [9.17, 15) is 0 Å². The second-order valence-corrected chi connectivity index (χ2v) is 5.52. The zero-order chi connectivity index (χ0) is 12.1. The maximum atomic E-state index is 4.38. The van der Waals surface area contributed by atoms with Crippen LogP contribution in [0.3, 0.4) is 0 Å². The smallest absolute Gasteiger partial charge is 0.128 e. The number of hydrogen-bond acceptors (Lipinski definition) is 2. The lowest BCUT2D eigenvalue weighted by Gasteiger charge is -2.14. The molecule has 0 atom stereocenters. The molecule has 3 heteroatoms. The van der Waals surface area contributed by atoms with Gasteiger partial charge in [0.15, 0.2) is 0 Å². The summed E-state index contributed by atoms with van der Waals surface area (Å²) in [6.45, 7) is 3.07. The van der Waals surface area contributed by atoms with Gasteiger partial charge in [-0.2, -0.15) is 0 Å². The lowest BCUT2D eigenvalue weighted by atomic mass is 9.97. The van der Waals surface area contributed by atoms with Crippen molar-refractivity contribution in [3.05, 3.63) is 33.9 Å². The fourth-order valence-corrected chi connectivity index (χ4v) is 2.64. The first-order valence-corrected chi connectivity index (χ1v) is 7.09. The number of pyridine rings is 1. The Labute approximate surface area is 112 Å². The van der Waals surface area contributed by atoms with Crippen molar-refractivity contribution in [1.82, 2.24) is 4.98 Å². The van der Waals surface area contributed by atoms with E-state index in [4.69, 9.17) is 0 Å². The van der Waals surface area contributed by atoms with E-state index in [0.29, 0.717) is 0 Å². The predicted molar refractivity (Wildman–Crippen MR) is 76.3 cm³/mol. The molecule has 1 aliphatic rings. The van der Waals surface area contributed by atoms with Crippen molar-refractivity contribution in [3.63, 3.8) is 0 Å². The molecular weight excluding hydrogens is 276 g/mol. The molecule has 1 aliphatic carbocycles. The molecule has 0 bridgehead atoms. The standard InChI is InChI=1S/C14H19BrN2/c1-11-9-13(15)10-17-14(11)16-8-7-12-5-3-2-4-6-12/h5,9-10H,2-4,6-8H2,1H3,(H,16,17). The third-order valence-electron chi connectivity index (χ3n) is 3.17. The average Bonchev–Trinajstić information content (AvgIpc) is 2.33. The van der Waals surface area contributed by atoms with Crippen LogP contribution in [0.2, 0.25) is 0 Å². The van der Waals surface area contributed by atoms with Gasteiger partial charge in [0.05, 0.1) is 0 Å². The molecule has 92 valence electrons. The zero-order valence-corrected chi connectivity index (χ0v) is 11.9. The Morgan fingerprint density at radius 1 is 1.41 bits per heavy atom. The summed E-state index contributed by atoms with van der Waals surface area (Å²) >= 11 is 3.43. The van der Waals surface area contributed by atoms with Crippen LogP contribution >= 0.6 is 15.9 Å². The molecule has 0 saturated heterocycles. The molecule has 1 heterocycles. The maximum Gasteiger partial charge on any atom is 0.128 e. The van der Waals surface area contributed by atoms with Gasteiger partial charge in [-0.3, -0.25) is 0 Å². The number of aryl methyl sites for hydroxylation is 1. The molecule has 2 nitrogen and oxygen atoms in total. The Bertz CT molecular complexity index is 413. The van der Waals surface area contributed by atoms with E-state index in [-0.39, 0.29) is 0 Å². The van der Waals surface area contributed by atoms with Crippen LogP contribution in [-0.2, 0) is 0 Å². The summed E-state index contributed by atoms with van der Waals surface area (Å²) in [4.78, 5) is 4.38. The summed E-state index contributed by atoms with van der Waals surface area (Å²) in [5, 5.41) is 3.41. The lowest BCUT2D eigenvalue weighted by molar-refractivity contribution is 0.679. The minimum Gasteiger partial charge on any atom is -0.370 e. The van der Waals surface area contributed by atoms with E-state index in [0.717, 1.165) is 23.3 Å². The van der Waals surface area contributed by atoms with Crippen molar-refractivity contribution < 1.29 is 0 Å². The van der Waals surface area contributed by atoms with Gasteiger partial charge in [-0.15, -0.1) is 0 Å². The Morgan fingerprint density at radius 3 is 3.00 bits per heavy atom. The largest absolute Gasteiger partial charge is 0.370 e. The van der Waals surface area contributed by atoms with Gasteiger partial charge in [-0.25, -0.2) is 4.98 Å². The highest BCUT2D eigenvalue weighted by Gasteiger charge is 2.04. The molecular formula is C14H19BrN2. The zero-order valence-electron chi connectivity index (χ0n) is 10.3. The SMILES string of the molecule is Cc1cc(Br)cnc1NCCC1=CCCCC1. The van der Waals surface area contributed by atoms with E-state index in [2.05, 4.69) is 45.3 Å². The van der Waals surface area contributed by atoms with Crippen LogP contribution < -0.4 is 5.32 Å². The van der Waals surface area contributed by atoms with Crippen LogP contribution in [0.25, 0.3) is 0 Å². The van der Waals surface area contributed by atoms with Crippen LogP contribution in [-0.4, -0.2) is 11.5 Å². The highest BCUT2D eigenvalue weighted by atomic mass is 79.9. The minimum absolute atomic E-state index is 0.987. The van der Waals surface area contributed by atoms with Gasteiger partial charge in [0.25, 0.3) is 0 Å². The topological polar surface area (TPSA) is 24.9 Å². The number of rotatable bonds is 4. The van der Waals surface area contributed by atoms with E-state index in [1.54, 1.807) is 5.57 Å². The highest BCUT2D eigenvalue weighted by molar-refractivity contribution is 9.10. The molecule has 0 spiro atoms. The van der Waals surface area contributed by atoms with E-state index < -0.39 is 0 Å². The van der Waals surface area contributed by atoms with Crippen molar-refractivity contribution in [3.8, 4) is 0 Å². The summed E-state index contributed by atoms with van der Waals surface area (Å²) in [6.07, 6.45) is 10.7. The van der Waals surface area contributed by atoms with E-state index in [1.807, 2.05) is 6.20 Å². The summed E-state index contributed by atoms with van der Waals surface area (Å²) in [6, 6.07) is 2.09. The number of allylic oxidation sites excluding steroid dienone is 1. The number of halogens is 1. The van der Waals surface area contributed by atoms with Gasteiger partial charge in [0.2, 0.25) is 0 Å². The molecule has 0 radical (unpaired) electrons. The molecule has 0 aromatic carbocycles.